The maximum Gasteiger partial charge on any atom is 0.256 e. The van der Waals surface area contributed by atoms with Crippen LogP contribution in [0.2, 0.25) is 5.02 Å². The third-order valence-corrected chi connectivity index (χ3v) is 6.46. The van der Waals surface area contributed by atoms with Gasteiger partial charge in [-0.05, 0) is 66.2 Å². The van der Waals surface area contributed by atoms with Gasteiger partial charge < -0.3 is 15.7 Å². The minimum absolute atomic E-state index is 0.00163. The quantitative estimate of drug-likeness (QED) is 0.217. The molecule has 0 aliphatic carbocycles. The molecule has 0 unspecified atom stereocenters. The zero-order valence-electron chi connectivity index (χ0n) is 21.5. The van der Waals surface area contributed by atoms with Crippen molar-refractivity contribution in [3.8, 4) is 34.2 Å². The number of nitrogens with one attached hydrogen (secondary N) is 2. The van der Waals surface area contributed by atoms with Crippen molar-refractivity contribution >= 4 is 29.2 Å². The van der Waals surface area contributed by atoms with Crippen LogP contribution in [-0.2, 0) is 6.54 Å². The number of hydrogen-bond donors (Lipinski definition) is 3. The molecular weight excluding hydrogens is 538 g/mol. The molecular formula is C32H22ClN5O3. The number of halogens is 1. The molecule has 0 fully saturated rings. The zero-order valence-corrected chi connectivity index (χ0v) is 22.3. The summed E-state index contributed by atoms with van der Waals surface area (Å²) in [7, 11) is 0. The summed E-state index contributed by atoms with van der Waals surface area (Å²) in [5, 5.41) is 26.7. The SMILES string of the molecule is N#Cc1c(-c2cccc(C(=O)NCc3ccccn3)c2)cc(-c2ccccc2O)nc1NC(=O)c1cccc(Cl)c1. The number of hydrogen-bond acceptors (Lipinski definition) is 6. The average Bonchev–Trinajstić information content (AvgIpc) is 3.00. The lowest BCUT2D eigenvalue weighted by Gasteiger charge is -2.15. The van der Waals surface area contributed by atoms with Crippen molar-refractivity contribution in [1.82, 2.24) is 15.3 Å². The van der Waals surface area contributed by atoms with E-state index in [2.05, 4.69) is 26.7 Å². The van der Waals surface area contributed by atoms with Gasteiger partial charge in [0.05, 0.1) is 17.9 Å². The van der Waals surface area contributed by atoms with Crippen LogP contribution < -0.4 is 10.6 Å². The molecule has 5 aromatic rings. The van der Waals surface area contributed by atoms with Crippen LogP contribution in [0.5, 0.6) is 5.75 Å². The second-order valence-electron chi connectivity index (χ2n) is 8.96. The molecule has 0 saturated carbocycles. The number of para-hydroxylation sites is 1. The molecule has 5 rings (SSSR count). The van der Waals surface area contributed by atoms with E-state index >= 15 is 0 Å². The van der Waals surface area contributed by atoms with E-state index in [1.807, 2.05) is 12.1 Å². The summed E-state index contributed by atoms with van der Waals surface area (Å²) >= 11 is 6.06. The molecule has 0 aliphatic rings. The molecule has 3 aromatic carbocycles. The number of nitrogens with zero attached hydrogens (tertiary/aromatic N) is 3. The number of aromatic nitrogens is 2. The van der Waals surface area contributed by atoms with Gasteiger partial charge in [-0.15, -0.1) is 0 Å². The van der Waals surface area contributed by atoms with Gasteiger partial charge in [0.15, 0.2) is 5.82 Å². The summed E-state index contributed by atoms with van der Waals surface area (Å²) in [6.45, 7) is 0.250. The van der Waals surface area contributed by atoms with Crippen molar-refractivity contribution < 1.29 is 14.7 Å². The highest BCUT2D eigenvalue weighted by Gasteiger charge is 2.20. The third kappa shape index (κ3) is 6.22. The van der Waals surface area contributed by atoms with E-state index < -0.39 is 5.91 Å². The number of anilines is 1. The molecule has 0 bridgehead atoms. The Morgan fingerprint density at radius 2 is 1.61 bits per heavy atom. The molecule has 0 aliphatic heterocycles. The Balaban J connectivity index is 1.56. The van der Waals surface area contributed by atoms with Crippen molar-refractivity contribution in [3.63, 3.8) is 0 Å². The van der Waals surface area contributed by atoms with Gasteiger partial charge in [0.1, 0.15) is 17.4 Å². The van der Waals surface area contributed by atoms with Gasteiger partial charge in [-0.25, -0.2) is 4.98 Å². The molecule has 9 heteroatoms. The monoisotopic (exact) mass is 559 g/mol. The topological polar surface area (TPSA) is 128 Å². The second kappa shape index (κ2) is 12.1. The largest absolute Gasteiger partial charge is 0.507 e. The van der Waals surface area contributed by atoms with Crippen LogP contribution >= 0.6 is 11.6 Å². The fourth-order valence-electron chi connectivity index (χ4n) is 4.22. The fourth-order valence-corrected chi connectivity index (χ4v) is 4.41. The van der Waals surface area contributed by atoms with Crippen molar-refractivity contribution in [2.24, 2.45) is 0 Å². The summed E-state index contributed by atoms with van der Waals surface area (Å²) < 4.78 is 0. The first kappa shape index (κ1) is 27.1. The summed E-state index contributed by atoms with van der Waals surface area (Å²) in [5.41, 5.74) is 3.14. The number of carbonyl (C=O) groups excluding carboxylic acids is 2. The lowest BCUT2D eigenvalue weighted by molar-refractivity contribution is 0.0949. The number of phenols is 1. The van der Waals surface area contributed by atoms with Crippen molar-refractivity contribution in [1.29, 1.82) is 5.26 Å². The van der Waals surface area contributed by atoms with E-state index in [0.717, 1.165) is 0 Å². The number of nitriles is 1. The minimum Gasteiger partial charge on any atom is -0.507 e. The molecule has 200 valence electrons. The summed E-state index contributed by atoms with van der Waals surface area (Å²) in [4.78, 5) is 34.8. The highest BCUT2D eigenvalue weighted by molar-refractivity contribution is 6.31. The Kier molecular flexibility index (Phi) is 8.00. The molecule has 3 N–H and O–H groups in total. The Morgan fingerprint density at radius 1 is 0.854 bits per heavy atom. The van der Waals surface area contributed by atoms with Gasteiger partial charge >= 0.3 is 0 Å². The first-order valence-corrected chi connectivity index (χ1v) is 12.9. The second-order valence-corrected chi connectivity index (χ2v) is 9.39. The van der Waals surface area contributed by atoms with E-state index in [4.69, 9.17) is 11.6 Å². The first-order chi connectivity index (χ1) is 19.9. The van der Waals surface area contributed by atoms with Gasteiger partial charge in [-0.3, -0.25) is 14.6 Å². The summed E-state index contributed by atoms with van der Waals surface area (Å²) in [5.74, 6) is -0.858. The zero-order chi connectivity index (χ0) is 28.8. The van der Waals surface area contributed by atoms with Crippen molar-refractivity contribution in [3.05, 3.63) is 131 Å². The van der Waals surface area contributed by atoms with Crippen LogP contribution in [-0.4, -0.2) is 26.9 Å². The van der Waals surface area contributed by atoms with Crippen LogP contribution in [0.25, 0.3) is 22.4 Å². The number of pyridine rings is 2. The average molecular weight is 560 g/mol. The molecule has 41 heavy (non-hydrogen) atoms. The minimum atomic E-state index is -0.514. The standard InChI is InChI=1S/C32H22ClN5O3/c33-23-10-6-9-22(16-23)32(41)38-30-27(18-34)26(17-28(37-30)25-12-1-2-13-29(25)39)20-7-5-8-21(15-20)31(40)36-19-24-11-3-4-14-35-24/h1-17,39H,19H2,(H,36,40)(H,37,38,41). The highest BCUT2D eigenvalue weighted by atomic mass is 35.5. The molecule has 8 nitrogen and oxygen atoms in total. The molecule has 2 amide bonds. The van der Waals surface area contributed by atoms with Gasteiger partial charge in [0, 0.05) is 33.5 Å². The maximum absolute atomic E-state index is 13.1. The van der Waals surface area contributed by atoms with Gasteiger partial charge in [0.25, 0.3) is 11.8 Å². The molecule has 0 radical (unpaired) electrons. The van der Waals surface area contributed by atoms with Crippen LogP contribution in [0.15, 0.2) is 103 Å². The Bertz CT molecular complexity index is 1800. The Labute approximate surface area is 240 Å². The molecule has 0 atom stereocenters. The summed E-state index contributed by atoms with van der Waals surface area (Å²) in [6, 6.07) is 29.0. The predicted molar refractivity (Wildman–Crippen MR) is 156 cm³/mol. The van der Waals surface area contributed by atoms with E-state index in [0.29, 0.717) is 38.7 Å². The third-order valence-electron chi connectivity index (χ3n) is 6.22. The smallest absolute Gasteiger partial charge is 0.256 e. The van der Waals surface area contributed by atoms with Gasteiger partial charge in [-0.2, -0.15) is 5.26 Å². The Morgan fingerprint density at radius 3 is 2.34 bits per heavy atom. The number of amides is 2. The first-order valence-electron chi connectivity index (χ1n) is 12.5. The number of rotatable bonds is 7. The van der Waals surface area contributed by atoms with Crippen LogP contribution in [0.1, 0.15) is 32.0 Å². The molecule has 2 aromatic heterocycles. The highest BCUT2D eigenvalue weighted by Crippen LogP contribution is 2.35. The van der Waals surface area contributed by atoms with Crippen molar-refractivity contribution in [2.45, 2.75) is 6.54 Å². The van der Waals surface area contributed by atoms with Crippen molar-refractivity contribution in [2.75, 3.05) is 5.32 Å². The number of benzene rings is 3. The fraction of sp³-hybridized carbons (Fsp3) is 0.0312. The molecule has 0 spiro atoms. The van der Waals surface area contributed by atoms with E-state index in [9.17, 15) is 20.0 Å². The molecule has 2 heterocycles. The van der Waals surface area contributed by atoms with Gasteiger partial charge in [0.2, 0.25) is 0 Å². The maximum atomic E-state index is 13.1. The van der Waals surface area contributed by atoms with Crippen LogP contribution in [0.3, 0.4) is 0 Å². The Hall–Kier alpha value is -5.52. The van der Waals surface area contributed by atoms with Gasteiger partial charge in [-0.1, -0.05) is 48.0 Å². The number of aromatic hydroxyl groups is 1. The lowest BCUT2D eigenvalue weighted by atomic mass is 9.96. The number of phenolic OH excluding ortho intramolecular Hbond substituents is 1. The predicted octanol–water partition coefficient (Wildman–Crippen LogP) is 6.22. The normalized spacial score (nSPS) is 10.4. The van der Waals surface area contributed by atoms with Crippen LogP contribution in [0, 0.1) is 11.3 Å². The lowest BCUT2D eigenvalue weighted by Crippen LogP contribution is -2.23. The van der Waals surface area contributed by atoms with E-state index in [-0.39, 0.29) is 35.1 Å². The molecule has 0 saturated heterocycles. The van der Waals surface area contributed by atoms with E-state index in [1.54, 1.807) is 79.0 Å². The summed E-state index contributed by atoms with van der Waals surface area (Å²) in [6.07, 6.45) is 1.65. The van der Waals surface area contributed by atoms with E-state index in [1.165, 1.54) is 12.1 Å². The van der Waals surface area contributed by atoms with Crippen LogP contribution in [0.4, 0.5) is 5.82 Å². The number of carbonyl (C=O) groups is 2.